The Morgan fingerprint density at radius 2 is 1.75 bits per heavy atom. The van der Waals surface area contributed by atoms with E-state index in [0.29, 0.717) is 0 Å². The van der Waals surface area contributed by atoms with Gasteiger partial charge in [0.1, 0.15) is 0 Å². The Morgan fingerprint density at radius 3 is 2.25 bits per heavy atom. The Morgan fingerprint density at radius 1 is 1.19 bits per heavy atom. The van der Waals surface area contributed by atoms with E-state index in [2.05, 4.69) is 0 Å². The Labute approximate surface area is 93.7 Å². The minimum Gasteiger partial charge on any atom is -0.297 e. The van der Waals surface area contributed by atoms with Gasteiger partial charge in [0.15, 0.2) is 5.78 Å². The molecule has 16 heavy (non-hydrogen) atoms. The first-order chi connectivity index (χ1) is 7.47. The quantitative estimate of drug-likeness (QED) is 0.771. The standard InChI is InChI=1S/C10H11NO4S/c1-8-2-4-10(5-3-8)16(13,14)15-11-6-9(12)7-11/h2-5H,6-7H2,1H3. The predicted molar refractivity (Wildman–Crippen MR) is 56.0 cm³/mol. The van der Waals surface area contributed by atoms with E-state index in [-0.39, 0.29) is 23.8 Å². The van der Waals surface area contributed by atoms with Crippen molar-refractivity contribution in [1.29, 1.82) is 0 Å². The number of ketones is 1. The van der Waals surface area contributed by atoms with Crippen LogP contribution in [0.3, 0.4) is 0 Å². The second kappa shape index (κ2) is 3.97. The van der Waals surface area contributed by atoms with Crippen LogP contribution in [0, 0.1) is 6.92 Å². The molecule has 0 amide bonds. The molecule has 86 valence electrons. The molecule has 0 N–H and O–H groups in total. The third-order valence-electron chi connectivity index (χ3n) is 2.22. The van der Waals surface area contributed by atoms with Crippen LogP contribution in [0.2, 0.25) is 0 Å². The topological polar surface area (TPSA) is 63.7 Å². The van der Waals surface area contributed by atoms with E-state index < -0.39 is 10.1 Å². The molecule has 6 heteroatoms. The zero-order chi connectivity index (χ0) is 11.8. The van der Waals surface area contributed by atoms with Crippen LogP contribution in [0.5, 0.6) is 0 Å². The molecule has 1 saturated heterocycles. The molecule has 0 atom stereocenters. The summed E-state index contributed by atoms with van der Waals surface area (Å²) in [6.07, 6.45) is 0. The van der Waals surface area contributed by atoms with Crippen LogP contribution in [-0.4, -0.2) is 32.4 Å². The van der Waals surface area contributed by atoms with Gasteiger partial charge in [-0.15, -0.1) is 0 Å². The molecule has 1 aromatic rings. The maximum absolute atomic E-state index is 11.7. The summed E-state index contributed by atoms with van der Waals surface area (Å²) < 4.78 is 28.1. The average Bonchev–Trinajstić information content (AvgIpc) is 2.15. The highest BCUT2D eigenvalue weighted by molar-refractivity contribution is 7.86. The van der Waals surface area contributed by atoms with Crippen molar-refractivity contribution in [2.45, 2.75) is 11.8 Å². The second-order valence-electron chi connectivity index (χ2n) is 3.68. The number of carbonyl (C=O) groups is 1. The van der Waals surface area contributed by atoms with Crippen LogP contribution in [-0.2, 0) is 19.2 Å². The van der Waals surface area contributed by atoms with E-state index in [1.165, 1.54) is 12.1 Å². The highest BCUT2D eigenvalue weighted by Gasteiger charge is 2.30. The van der Waals surface area contributed by atoms with Crippen molar-refractivity contribution in [2.75, 3.05) is 13.1 Å². The van der Waals surface area contributed by atoms with Gasteiger partial charge >= 0.3 is 10.1 Å². The number of hydrogen-bond donors (Lipinski definition) is 0. The molecule has 2 rings (SSSR count). The monoisotopic (exact) mass is 241 g/mol. The lowest BCUT2D eigenvalue weighted by Crippen LogP contribution is -2.47. The van der Waals surface area contributed by atoms with Crippen LogP contribution >= 0.6 is 0 Å². The lowest BCUT2D eigenvalue weighted by molar-refractivity contribution is -0.154. The summed E-state index contributed by atoms with van der Waals surface area (Å²) in [4.78, 5) is 10.8. The predicted octanol–water partition coefficient (Wildman–Crippen LogP) is 0.500. The number of hydroxylamine groups is 2. The van der Waals surface area contributed by atoms with Crippen molar-refractivity contribution in [3.63, 3.8) is 0 Å². The summed E-state index contributed by atoms with van der Waals surface area (Å²) in [7, 11) is -3.79. The number of rotatable bonds is 3. The van der Waals surface area contributed by atoms with Gasteiger partial charge in [-0.2, -0.15) is 17.8 Å². The van der Waals surface area contributed by atoms with Crippen LogP contribution in [0.25, 0.3) is 0 Å². The fraction of sp³-hybridized carbons (Fsp3) is 0.300. The second-order valence-corrected chi connectivity index (χ2v) is 5.21. The maximum atomic E-state index is 11.7. The zero-order valence-electron chi connectivity index (χ0n) is 8.71. The number of benzene rings is 1. The summed E-state index contributed by atoms with van der Waals surface area (Å²) in [6.45, 7) is 1.93. The van der Waals surface area contributed by atoms with Crippen LogP contribution in [0.15, 0.2) is 29.2 Å². The highest BCUT2D eigenvalue weighted by Crippen LogP contribution is 2.16. The first-order valence-electron chi connectivity index (χ1n) is 4.75. The largest absolute Gasteiger partial charge is 0.313 e. The minimum absolute atomic E-state index is 0.0286. The van der Waals surface area contributed by atoms with Crippen LogP contribution < -0.4 is 0 Å². The van der Waals surface area contributed by atoms with Crippen molar-refractivity contribution < 1.29 is 17.5 Å². The zero-order valence-corrected chi connectivity index (χ0v) is 9.53. The van der Waals surface area contributed by atoms with Gasteiger partial charge in [0.25, 0.3) is 0 Å². The molecule has 1 fully saturated rings. The van der Waals surface area contributed by atoms with E-state index in [0.717, 1.165) is 10.6 Å². The summed E-state index contributed by atoms with van der Waals surface area (Å²) in [6, 6.07) is 6.34. The maximum Gasteiger partial charge on any atom is 0.313 e. The fourth-order valence-corrected chi connectivity index (χ4v) is 2.22. The van der Waals surface area contributed by atoms with Crippen molar-refractivity contribution in [3.05, 3.63) is 29.8 Å². The lowest BCUT2D eigenvalue weighted by Gasteiger charge is -2.26. The molecule has 0 bridgehead atoms. The number of Topliss-reactive ketones (excluding diaryl/α,β-unsaturated/α-hetero) is 1. The van der Waals surface area contributed by atoms with Gasteiger partial charge in [0, 0.05) is 0 Å². The minimum atomic E-state index is -3.79. The van der Waals surface area contributed by atoms with E-state index in [1.807, 2.05) is 6.92 Å². The fourth-order valence-electron chi connectivity index (χ4n) is 1.29. The molecule has 0 unspecified atom stereocenters. The Hall–Kier alpha value is -1.24. The Balaban J connectivity index is 2.13. The smallest absolute Gasteiger partial charge is 0.297 e. The molecule has 1 heterocycles. The molecular weight excluding hydrogens is 230 g/mol. The molecule has 1 aromatic carbocycles. The summed E-state index contributed by atoms with van der Waals surface area (Å²) in [5, 5.41) is 1.12. The summed E-state index contributed by atoms with van der Waals surface area (Å²) in [5.74, 6) is -0.0286. The van der Waals surface area contributed by atoms with Crippen LogP contribution in [0.1, 0.15) is 5.56 Å². The number of nitrogens with zero attached hydrogens (tertiary/aromatic N) is 1. The summed E-state index contributed by atoms with van der Waals surface area (Å²) >= 11 is 0. The molecule has 1 aliphatic heterocycles. The van der Waals surface area contributed by atoms with Crippen molar-refractivity contribution >= 4 is 15.9 Å². The van der Waals surface area contributed by atoms with Gasteiger partial charge in [-0.3, -0.25) is 4.79 Å². The molecule has 0 radical (unpaired) electrons. The SMILES string of the molecule is Cc1ccc(S(=O)(=O)ON2CC(=O)C2)cc1. The first-order valence-corrected chi connectivity index (χ1v) is 6.16. The Bertz CT molecular complexity index is 498. The van der Waals surface area contributed by atoms with Crippen molar-refractivity contribution in [2.24, 2.45) is 0 Å². The van der Waals surface area contributed by atoms with Crippen molar-refractivity contribution in [1.82, 2.24) is 5.06 Å². The highest BCUT2D eigenvalue weighted by atomic mass is 32.2. The average molecular weight is 241 g/mol. The van der Waals surface area contributed by atoms with E-state index >= 15 is 0 Å². The molecule has 0 aromatic heterocycles. The molecule has 0 aliphatic carbocycles. The third kappa shape index (κ3) is 2.29. The van der Waals surface area contributed by atoms with Crippen LogP contribution in [0.4, 0.5) is 0 Å². The Kier molecular flexibility index (Phi) is 2.79. The van der Waals surface area contributed by atoms with Gasteiger partial charge in [-0.1, -0.05) is 17.7 Å². The molecule has 5 nitrogen and oxygen atoms in total. The normalized spacial score (nSPS) is 17.2. The van der Waals surface area contributed by atoms with Crippen molar-refractivity contribution in [3.8, 4) is 0 Å². The molecule has 1 aliphatic rings. The van der Waals surface area contributed by atoms with Gasteiger partial charge in [-0.25, -0.2) is 0 Å². The molecular formula is C10H11NO4S. The number of hydrogen-bond acceptors (Lipinski definition) is 5. The van der Waals surface area contributed by atoms with Gasteiger partial charge in [0.05, 0.1) is 18.0 Å². The van der Waals surface area contributed by atoms with E-state index in [9.17, 15) is 13.2 Å². The van der Waals surface area contributed by atoms with Gasteiger partial charge in [0.2, 0.25) is 0 Å². The number of aryl methyl sites for hydroxylation is 1. The lowest BCUT2D eigenvalue weighted by atomic mass is 10.2. The molecule has 0 spiro atoms. The summed E-state index contributed by atoms with van der Waals surface area (Å²) in [5.41, 5.74) is 0.970. The molecule has 0 saturated carbocycles. The van der Waals surface area contributed by atoms with Gasteiger partial charge < -0.3 is 0 Å². The van der Waals surface area contributed by atoms with Gasteiger partial charge in [-0.05, 0) is 19.1 Å². The van der Waals surface area contributed by atoms with E-state index in [1.54, 1.807) is 12.1 Å². The number of carbonyl (C=O) groups excluding carboxylic acids is 1. The third-order valence-corrected chi connectivity index (χ3v) is 3.48. The van der Waals surface area contributed by atoms with E-state index in [4.69, 9.17) is 4.28 Å². The first kappa shape index (κ1) is 11.3.